The minimum atomic E-state index is -4.85. The van der Waals surface area contributed by atoms with Gasteiger partial charge in [-0.1, -0.05) is 16.6 Å². The van der Waals surface area contributed by atoms with Crippen LogP contribution in [0.3, 0.4) is 0 Å². The highest BCUT2D eigenvalue weighted by atomic mass is 32.1. The molecule has 0 aliphatic rings. The van der Waals surface area contributed by atoms with E-state index in [2.05, 4.69) is 20.0 Å². The molecule has 4 aromatic rings. The molecule has 0 saturated heterocycles. The van der Waals surface area contributed by atoms with Crippen molar-refractivity contribution in [1.29, 1.82) is 0 Å². The van der Waals surface area contributed by atoms with Crippen LogP contribution >= 0.6 is 11.5 Å². The Balaban J connectivity index is 1.53. The third-order valence-electron chi connectivity index (χ3n) is 4.71. The predicted octanol–water partition coefficient (Wildman–Crippen LogP) is 4.84. The monoisotopic (exact) mass is 487 g/mol. The van der Waals surface area contributed by atoms with Crippen LogP contribution in [0.5, 0.6) is 0 Å². The fraction of sp³-hybridized carbons (Fsp3) is 0.136. The Morgan fingerprint density at radius 2 is 1.79 bits per heavy atom. The standard InChI is InChI=1S/C22H16F3N5O3S/c1-2-33-21(32)17-11-26-30(19(17)22(23,24)25)16-9-5-14(6-10-16)20(31)27-15-7-3-13(4-8-15)18-12-34-29-28-18/h3-12H,2H2,1H3,(H,27,31). The average Bonchev–Trinajstić information content (AvgIpc) is 3.50. The zero-order valence-corrected chi connectivity index (χ0v) is 18.4. The van der Waals surface area contributed by atoms with Crippen molar-refractivity contribution in [2.24, 2.45) is 0 Å². The lowest BCUT2D eigenvalue weighted by molar-refractivity contribution is -0.143. The fourth-order valence-corrected chi connectivity index (χ4v) is 3.61. The summed E-state index contributed by atoms with van der Waals surface area (Å²) in [4.78, 5) is 24.5. The number of nitrogens with one attached hydrogen (secondary N) is 1. The molecule has 4 rings (SSSR count). The number of hydrogen-bond donors (Lipinski definition) is 1. The summed E-state index contributed by atoms with van der Waals surface area (Å²) >= 11 is 1.23. The summed E-state index contributed by atoms with van der Waals surface area (Å²) < 4.78 is 50.1. The van der Waals surface area contributed by atoms with Gasteiger partial charge < -0.3 is 10.1 Å². The molecule has 0 unspecified atom stereocenters. The van der Waals surface area contributed by atoms with Crippen molar-refractivity contribution < 1.29 is 27.5 Å². The highest BCUT2D eigenvalue weighted by molar-refractivity contribution is 7.03. The normalized spacial score (nSPS) is 11.3. The van der Waals surface area contributed by atoms with Gasteiger partial charge in [0.05, 0.1) is 18.5 Å². The van der Waals surface area contributed by atoms with E-state index in [-0.39, 0.29) is 17.9 Å². The number of ether oxygens (including phenoxy) is 1. The fourth-order valence-electron chi connectivity index (χ4n) is 3.15. The molecule has 0 saturated carbocycles. The molecule has 0 aliphatic carbocycles. The van der Waals surface area contributed by atoms with Gasteiger partial charge >= 0.3 is 12.1 Å². The topological polar surface area (TPSA) is 99.0 Å². The summed E-state index contributed by atoms with van der Waals surface area (Å²) in [6, 6.07) is 12.3. The number of nitrogens with zero attached hydrogens (tertiary/aromatic N) is 4. The summed E-state index contributed by atoms with van der Waals surface area (Å²) in [5.41, 5.74) is 0.418. The first-order valence-electron chi connectivity index (χ1n) is 9.89. The van der Waals surface area contributed by atoms with Crippen molar-refractivity contribution in [3.05, 3.63) is 76.9 Å². The molecule has 0 spiro atoms. The Kier molecular flexibility index (Phi) is 6.41. The van der Waals surface area contributed by atoms with Crippen molar-refractivity contribution in [3.8, 4) is 16.9 Å². The highest BCUT2D eigenvalue weighted by Gasteiger charge is 2.41. The number of rotatable bonds is 6. The van der Waals surface area contributed by atoms with E-state index >= 15 is 0 Å². The number of aromatic nitrogens is 4. The first kappa shape index (κ1) is 23.1. The Morgan fingerprint density at radius 1 is 1.09 bits per heavy atom. The van der Waals surface area contributed by atoms with Crippen molar-refractivity contribution in [2.45, 2.75) is 13.1 Å². The number of alkyl halides is 3. The minimum absolute atomic E-state index is 0.0284. The molecule has 12 heteroatoms. The quantitative estimate of drug-likeness (QED) is 0.391. The summed E-state index contributed by atoms with van der Waals surface area (Å²) in [5, 5.41) is 12.2. The van der Waals surface area contributed by atoms with Crippen LogP contribution in [0.4, 0.5) is 18.9 Å². The van der Waals surface area contributed by atoms with Gasteiger partial charge in [-0.25, -0.2) is 9.48 Å². The van der Waals surface area contributed by atoms with Crippen LogP contribution in [-0.2, 0) is 10.9 Å². The van der Waals surface area contributed by atoms with Gasteiger partial charge in [0.15, 0.2) is 5.69 Å². The van der Waals surface area contributed by atoms with Gasteiger partial charge in [0.25, 0.3) is 5.91 Å². The number of benzene rings is 2. The van der Waals surface area contributed by atoms with Gasteiger partial charge in [-0.15, -0.1) is 5.10 Å². The molecule has 1 N–H and O–H groups in total. The van der Waals surface area contributed by atoms with Crippen molar-refractivity contribution in [2.75, 3.05) is 11.9 Å². The molecule has 1 amide bonds. The van der Waals surface area contributed by atoms with E-state index in [1.807, 2.05) is 0 Å². The van der Waals surface area contributed by atoms with E-state index < -0.39 is 29.3 Å². The molecule has 2 heterocycles. The summed E-state index contributed by atoms with van der Waals surface area (Å²) in [6.07, 6.45) is -4.04. The van der Waals surface area contributed by atoms with Gasteiger partial charge in [-0.3, -0.25) is 4.79 Å². The summed E-state index contributed by atoms with van der Waals surface area (Å²) in [7, 11) is 0. The Labute approximate surface area is 195 Å². The Morgan fingerprint density at radius 3 is 2.38 bits per heavy atom. The molecular weight excluding hydrogens is 471 g/mol. The average molecular weight is 487 g/mol. The zero-order valence-electron chi connectivity index (χ0n) is 17.5. The van der Waals surface area contributed by atoms with Gasteiger partial charge in [-0.2, -0.15) is 18.3 Å². The molecule has 0 atom stereocenters. The van der Waals surface area contributed by atoms with Crippen molar-refractivity contribution in [1.82, 2.24) is 19.4 Å². The lowest BCUT2D eigenvalue weighted by atomic mass is 10.1. The van der Waals surface area contributed by atoms with E-state index in [9.17, 15) is 22.8 Å². The van der Waals surface area contributed by atoms with E-state index in [1.54, 1.807) is 29.6 Å². The first-order chi connectivity index (χ1) is 16.3. The van der Waals surface area contributed by atoms with E-state index in [0.29, 0.717) is 10.4 Å². The molecule has 0 fully saturated rings. The number of halogens is 3. The largest absolute Gasteiger partial charge is 0.462 e. The molecule has 174 valence electrons. The van der Waals surface area contributed by atoms with Gasteiger partial charge in [0.2, 0.25) is 0 Å². The molecule has 2 aromatic heterocycles. The smallest absolute Gasteiger partial charge is 0.434 e. The maximum absolute atomic E-state index is 13.7. The number of amides is 1. The van der Waals surface area contributed by atoms with Crippen LogP contribution in [0.1, 0.15) is 33.3 Å². The van der Waals surface area contributed by atoms with Gasteiger partial charge in [-0.05, 0) is 54.9 Å². The molecule has 0 aliphatic heterocycles. The van der Waals surface area contributed by atoms with Crippen LogP contribution in [0.15, 0.2) is 60.1 Å². The van der Waals surface area contributed by atoms with Crippen LogP contribution in [0, 0.1) is 0 Å². The number of anilines is 1. The Hall–Kier alpha value is -4.06. The van der Waals surface area contributed by atoms with E-state index in [0.717, 1.165) is 17.5 Å². The molecule has 34 heavy (non-hydrogen) atoms. The first-order valence-corrected chi connectivity index (χ1v) is 10.7. The molecule has 0 bridgehead atoms. The molecule has 0 radical (unpaired) electrons. The lowest BCUT2D eigenvalue weighted by Gasteiger charge is -2.13. The van der Waals surface area contributed by atoms with Crippen molar-refractivity contribution in [3.63, 3.8) is 0 Å². The number of carbonyl (C=O) groups is 2. The third kappa shape index (κ3) is 4.81. The summed E-state index contributed by atoms with van der Waals surface area (Å²) in [6.45, 7) is 1.42. The SMILES string of the molecule is CCOC(=O)c1cnn(-c2ccc(C(=O)Nc3ccc(-c4csnn4)cc3)cc2)c1C(F)(F)F. The second-order valence-electron chi connectivity index (χ2n) is 6.91. The number of carbonyl (C=O) groups excluding carboxylic acids is 2. The predicted molar refractivity (Wildman–Crippen MR) is 118 cm³/mol. The van der Waals surface area contributed by atoms with Crippen molar-refractivity contribution >= 4 is 29.1 Å². The van der Waals surface area contributed by atoms with Crippen LogP contribution in [-0.4, -0.2) is 37.9 Å². The highest BCUT2D eigenvalue weighted by Crippen LogP contribution is 2.34. The second-order valence-corrected chi connectivity index (χ2v) is 7.52. The zero-order chi connectivity index (χ0) is 24.3. The van der Waals surface area contributed by atoms with E-state index in [4.69, 9.17) is 4.74 Å². The van der Waals surface area contributed by atoms with E-state index in [1.165, 1.54) is 42.7 Å². The molecular formula is C22H16F3N5O3S. The van der Waals surface area contributed by atoms with Crippen LogP contribution in [0.2, 0.25) is 0 Å². The van der Waals surface area contributed by atoms with Gasteiger partial charge in [0, 0.05) is 22.2 Å². The lowest BCUT2D eigenvalue weighted by Crippen LogP contribution is -2.18. The Bertz CT molecular complexity index is 1300. The van der Waals surface area contributed by atoms with Crippen LogP contribution < -0.4 is 5.32 Å². The second kappa shape index (κ2) is 9.43. The summed E-state index contributed by atoms with van der Waals surface area (Å²) in [5.74, 6) is -1.56. The maximum atomic E-state index is 13.7. The molecule has 2 aromatic carbocycles. The number of hydrogen-bond acceptors (Lipinski definition) is 7. The minimum Gasteiger partial charge on any atom is -0.462 e. The number of esters is 1. The van der Waals surface area contributed by atoms with Gasteiger partial charge in [0.1, 0.15) is 11.3 Å². The third-order valence-corrected chi connectivity index (χ3v) is 5.21. The maximum Gasteiger partial charge on any atom is 0.434 e. The molecule has 8 nitrogen and oxygen atoms in total. The van der Waals surface area contributed by atoms with Crippen LogP contribution in [0.25, 0.3) is 16.9 Å².